The van der Waals surface area contributed by atoms with E-state index in [0.717, 1.165) is 11.5 Å². The van der Waals surface area contributed by atoms with Crippen molar-refractivity contribution in [2.45, 2.75) is 0 Å². The van der Waals surface area contributed by atoms with Crippen LogP contribution in [0.4, 0.5) is 0 Å². The van der Waals surface area contributed by atoms with Crippen molar-refractivity contribution in [2.75, 3.05) is 5.84 Å². The Morgan fingerprint density at radius 3 is 2.75 bits per heavy atom. The lowest BCUT2D eigenvalue weighted by Crippen LogP contribution is -2.09. The second-order valence-corrected chi connectivity index (χ2v) is 2.66. The normalized spacial score (nSPS) is 10.4. The van der Waals surface area contributed by atoms with E-state index in [1.165, 1.54) is 4.68 Å². The van der Waals surface area contributed by atoms with E-state index in [2.05, 4.69) is 4.98 Å². The molecule has 0 unspecified atom stereocenters. The number of aryl methyl sites for hydroxylation is 1. The molecule has 0 spiro atoms. The Morgan fingerprint density at radius 1 is 1.42 bits per heavy atom. The molecule has 0 bridgehead atoms. The predicted octanol–water partition coefficient (Wildman–Crippen LogP) is 0.602. The van der Waals surface area contributed by atoms with E-state index in [1.54, 1.807) is 12.4 Å². The number of nitrogen functional groups attached to an aromatic ring is 1. The lowest BCUT2D eigenvalue weighted by atomic mass is 10.4. The molecule has 0 aliphatic carbocycles. The SMILES string of the molecule is Cn1cccc1-c1nccn1N. The molecule has 4 heteroatoms. The van der Waals surface area contributed by atoms with Crippen LogP contribution in [0.15, 0.2) is 30.7 Å². The molecule has 0 aromatic carbocycles. The van der Waals surface area contributed by atoms with Gasteiger partial charge in [-0.25, -0.2) is 9.66 Å². The van der Waals surface area contributed by atoms with Gasteiger partial charge in [0.15, 0.2) is 5.82 Å². The van der Waals surface area contributed by atoms with Crippen molar-refractivity contribution in [2.24, 2.45) is 7.05 Å². The van der Waals surface area contributed by atoms with Crippen LogP contribution in [0.2, 0.25) is 0 Å². The van der Waals surface area contributed by atoms with Gasteiger partial charge in [0, 0.05) is 25.6 Å². The van der Waals surface area contributed by atoms with E-state index in [0.29, 0.717) is 0 Å². The fourth-order valence-corrected chi connectivity index (χ4v) is 1.20. The molecule has 2 N–H and O–H groups in total. The van der Waals surface area contributed by atoms with E-state index in [1.807, 2.05) is 29.9 Å². The lowest BCUT2D eigenvalue weighted by molar-refractivity contribution is 0.902. The van der Waals surface area contributed by atoms with Crippen LogP contribution < -0.4 is 5.84 Å². The minimum Gasteiger partial charge on any atom is -0.348 e. The highest BCUT2D eigenvalue weighted by molar-refractivity contribution is 5.50. The first-order valence-electron chi connectivity index (χ1n) is 3.69. The Morgan fingerprint density at radius 2 is 2.25 bits per heavy atom. The van der Waals surface area contributed by atoms with Crippen LogP contribution in [0, 0.1) is 0 Å². The number of hydrogen-bond acceptors (Lipinski definition) is 2. The van der Waals surface area contributed by atoms with Crippen molar-refractivity contribution >= 4 is 0 Å². The largest absolute Gasteiger partial charge is 0.348 e. The summed E-state index contributed by atoms with van der Waals surface area (Å²) < 4.78 is 3.49. The molecule has 2 aromatic rings. The summed E-state index contributed by atoms with van der Waals surface area (Å²) in [5, 5.41) is 0. The molecule has 0 amide bonds. The van der Waals surface area contributed by atoms with Gasteiger partial charge in [0.1, 0.15) is 0 Å². The topological polar surface area (TPSA) is 48.8 Å². The second kappa shape index (κ2) is 2.41. The number of aromatic nitrogens is 3. The molecule has 0 saturated heterocycles. The molecular formula is C8H10N4. The Balaban J connectivity index is 2.57. The van der Waals surface area contributed by atoms with Gasteiger partial charge in [0.25, 0.3) is 0 Å². The van der Waals surface area contributed by atoms with Crippen molar-refractivity contribution < 1.29 is 0 Å². The number of nitrogens with zero attached hydrogens (tertiary/aromatic N) is 3. The third-order valence-corrected chi connectivity index (χ3v) is 1.84. The van der Waals surface area contributed by atoms with Gasteiger partial charge in [0.05, 0.1) is 5.69 Å². The average molecular weight is 162 g/mol. The smallest absolute Gasteiger partial charge is 0.175 e. The molecule has 2 aromatic heterocycles. The predicted molar refractivity (Wildman–Crippen MR) is 46.8 cm³/mol. The van der Waals surface area contributed by atoms with Gasteiger partial charge in [-0.3, -0.25) is 0 Å². The number of nitrogens with two attached hydrogens (primary N) is 1. The van der Waals surface area contributed by atoms with Crippen LogP contribution in [0.3, 0.4) is 0 Å². The van der Waals surface area contributed by atoms with Crippen LogP contribution in [0.5, 0.6) is 0 Å². The fraction of sp³-hybridized carbons (Fsp3) is 0.125. The third-order valence-electron chi connectivity index (χ3n) is 1.84. The molecule has 0 fully saturated rings. The Labute approximate surface area is 70.2 Å². The summed E-state index contributed by atoms with van der Waals surface area (Å²) in [6.07, 6.45) is 5.37. The van der Waals surface area contributed by atoms with Gasteiger partial charge in [-0.05, 0) is 12.1 Å². The maximum absolute atomic E-state index is 5.64. The molecule has 4 nitrogen and oxygen atoms in total. The fourth-order valence-electron chi connectivity index (χ4n) is 1.20. The van der Waals surface area contributed by atoms with Crippen molar-refractivity contribution in [3.05, 3.63) is 30.7 Å². The number of imidazole rings is 1. The first-order chi connectivity index (χ1) is 5.79. The van der Waals surface area contributed by atoms with E-state index in [-0.39, 0.29) is 0 Å². The Kier molecular flexibility index (Phi) is 1.40. The van der Waals surface area contributed by atoms with Crippen molar-refractivity contribution in [1.82, 2.24) is 14.2 Å². The van der Waals surface area contributed by atoms with E-state index < -0.39 is 0 Å². The summed E-state index contributed by atoms with van der Waals surface area (Å²) in [4.78, 5) is 4.14. The quantitative estimate of drug-likeness (QED) is 0.624. The van der Waals surface area contributed by atoms with Crippen LogP contribution >= 0.6 is 0 Å². The summed E-state index contributed by atoms with van der Waals surface area (Å²) in [7, 11) is 1.96. The standard InChI is InChI=1S/C8H10N4/c1-11-5-2-3-7(11)8-10-4-6-12(8)9/h2-6H,9H2,1H3. The van der Waals surface area contributed by atoms with Gasteiger partial charge < -0.3 is 10.4 Å². The summed E-state index contributed by atoms with van der Waals surface area (Å²) in [6, 6.07) is 3.94. The first-order valence-corrected chi connectivity index (χ1v) is 3.69. The zero-order chi connectivity index (χ0) is 8.55. The number of rotatable bonds is 1. The first kappa shape index (κ1) is 6.97. The van der Waals surface area contributed by atoms with Crippen molar-refractivity contribution in [3.8, 4) is 11.5 Å². The van der Waals surface area contributed by atoms with Crippen LogP contribution in [0.25, 0.3) is 11.5 Å². The minimum atomic E-state index is 0.780. The van der Waals surface area contributed by atoms with Gasteiger partial charge in [-0.1, -0.05) is 0 Å². The van der Waals surface area contributed by atoms with Crippen molar-refractivity contribution in [3.63, 3.8) is 0 Å². The molecule has 2 rings (SSSR count). The highest BCUT2D eigenvalue weighted by atomic mass is 15.3. The zero-order valence-corrected chi connectivity index (χ0v) is 6.81. The second-order valence-electron chi connectivity index (χ2n) is 2.66. The maximum atomic E-state index is 5.64. The molecule has 0 saturated carbocycles. The molecular weight excluding hydrogens is 152 g/mol. The van der Waals surface area contributed by atoms with Gasteiger partial charge in [-0.15, -0.1) is 0 Å². The summed E-state index contributed by atoms with van der Waals surface area (Å²) in [5.74, 6) is 6.42. The lowest BCUT2D eigenvalue weighted by Gasteiger charge is -2.01. The van der Waals surface area contributed by atoms with E-state index in [4.69, 9.17) is 5.84 Å². The van der Waals surface area contributed by atoms with Gasteiger partial charge >= 0.3 is 0 Å². The Bertz CT molecular complexity index is 347. The monoisotopic (exact) mass is 162 g/mol. The molecule has 0 aliphatic heterocycles. The Hall–Kier alpha value is -1.71. The van der Waals surface area contributed by atoms with Gasteiger partial charge in [0.2, 0.25) is 0 Å². The van der Waals surface area contributed by atoms with Crippen LogP contribution in [-0.2, 0) is 7.05 Å². The summed E-state index contributed by atoms with van der Waals surface area (Å²) in [5.41, 5.74) is 1.02. The average Bonchev–Trinajstić information content (AvgIpc) is 2.59. The summed E-state index contributed by atoms with van der Waals surface area (Å²) in [6.45, 7) is 0. The summed E-state index contributed by atoms with van der Waals surface area (Å²) >= 11 is 0. The molecule has 0 aliphatic rings. The maximum Gasteiger partial charge on any atom is 0.175 e. The van der Waals surface area contributed by atoms with E-state index in [9.17, 15) is 0 Å². The van der Waals surface area contributed by atoms with Crippen LogP contribution in [-0.4, -0.2) is 14.2 Å². The number of hydrogen-bond donors (Lipinski definition) is 1. The minimum absolute atomic E-state index is 0.780. The van der Waals surface area contributed by atoms with Crippen LogP contribution in [0.1, 0.15) is 0 Å². The zero-order valence-electron chi connectivity index (χ0n) is 6.81. The molecule has 0 radical (unpaired) electrons. The molecule has 2 heterocycles. The van der Waals surface area contributed by atoms with Gasteiger partial charge in [-0.2, -0.15) is 0 Å². The molecule has 0 atom stereocenters. The highest BCUT2D eigenvalue weighted by Gasteiger charge is 2.05. The van der Waals surface area contributed by atoms with Crippen molar-refractivity contribution in [1.29, 1.82) is 0 Å². The highest BCUT2D eigenvalue weighted by Crippen LogP contribution is 2.14. The third kappa shape index (κ3) is 0.887. The molecule has 12 heavy (non-hydrogen) atoms. The molecule has 62 valence electrons. The van der Waals surface area contributed by atoms with E-state index >= 15 is 0 Å².